The van der Waals surface area contributed by atoms with E-state index in [1.807, 2.05) is 6.92 Å². The summed E-state index contributed by atoms with van der Waals surface area (Å²) in [5.74, 6) is -1.87. The van der Waals surface area contributed by atoms with Crippen LogP contribution in [0.15, 0.2) is 12.1 Å². The summed E-state index contributed by atoms with van der Waals surface area (Å²) in [4.78, 5) is 21.8. The molecule has 5 heteroatoms. The number of hydrogen-bond donors (Lipinski definition) is 1. The maximum absolute atomic E-state index is 11.0. The minimum absolute atomic E-state index is 0.0976. The Kier molecular flexibility index (Phi) is 3.90. The van der Waals surface area contributed by atoms with Crippen LogP contribution in [0.1, 0.15) is 29.8 Å². The molecule has 0 radical (unpaired) electrons. The van der Waals surface area contributed by atoms with Gasteiger partial charge in [-0.1, -0.05) is 18.5 Å². The fourth-order valence-electron chi connectivity index (χ4n) is 1.26. The number of ether oxygens (including phenoxy) is 1. The highest BCUT2D eigenvalue weighted by molar-refractivity contribution is 6.32. The highest BCUT2D eigenvalue weighted by Gasteiger charge is 2.17. The topological polar surface area (TPSA) is 63.6 Å². The number of aryl methyl sites for hydroxylation is 1. The van der Waals surface area contributed by atoms with Gasteiger partial charge < -0.3 is 9.84 Å². The molecule has 1 N–H and O–H groups in total. The van der Waals surface area contributed by atoms with Crippen molar-refractivity contribution in [2.45, 2.75) is 20.3 Å². The molecule has 0 bridgehead atoms. The van der Waals surface area contributed by atoms with E-state index in [2.05, 4.69) is 0 Å². The van der Waals surface area contributed by atoms with E-state index in [1.165, 1.54) is 13.0 Å². The van der Waals surface area contributed by atoms with E-state index in [-0.39, 0.29) is 16.3 Å². The van der Waals surface area contributed by atoms with Crippen molar-refractivity contribution in [1.82, 2.24) is 0 Å². The summed E-state index contributed by atoms with van der Waals surface area (Å²) in [5, 5.41) is 9.10. The Hall–Kier alpha value is -1.55. The molecule has 4 nitrogen and oxygen atoms in total. The number of carboxylic acids is 1. The molecule has 1 aromatic rings. The zero-order valence-electron chi connectivity index (χ0n) is 8.91. The Morgan fingerprint density at radius 1 is 1.44 bits per heavy atom. The summed E-state index contributed by atoms with van der Waals surface area (Å²) in [6, 6.07) is 3.04. The van der Waals surface area contributed by atoms with Crippen LogP contribution < -0.4 is 4.74 Å². The minimum Gasteiger partial charge on any atom is -0.478 e. The first kappa shape index (κ1) is 12.5. The average Bonchev–Trinajstić information content (AvgIpc) is 2.19. The largest absolute Gasteiger partial charge is 0.478 e. The van der Waals surface area contributed by atoms with Crippen LogP contribution in [0.5, 0.6) is 5.75 Å². The van der Waals surface area contributed by atoms with E-state index in [4.69, 9.17) is 21.4 Å². The fourth-order valence-corrected chi connectivity index (χ4v) is 1.54. The van der Waals surface area contributed by atoms with E-state index in [0.717, 1.165) is 5.56 Å². The van der Waals surface area contributed by atoms with Gasteiger partial charge in [-0.3, -0.25) is 4.79 Å². The lowest BCUT2D eigenvalue weighted by atomic mass is 10.1. The second-order valence-electron chi connectivity index (χ2n) is 3.21. The van der Waals surface area contributed by atoms with Crippen LogP contribution in [0.25, 0.3) is 0 Å². The van der Waals surface area contributed by atoms with Gasteiger partial charge in [-0.15, -0.1) is 0 Å². The first-order valence-corrected chi connectivity index (χ1v) is 5.07. The molecule has 0 aromatic heterocycles. The van der Waals surface area contributed by atoms with Crippen molar-refractivity contribution in [2.75, 3.05) is 0 Å². The number of hydrogen-bond acceptors (Lipinski definition) is 3. The van der Waals surface area contributed by atoms with E-state index in [0.29, 0.717) is 6.42 Å². The molecule has 1 aromatic carbocycles. The van der Waals surface area contributed by atoms with Crippen LogP contribution in [-0.2, 0) is 11.2 Å². The summed E-state index contributed by atoms with van der Waals surface area (Å²) < 4.78 is 4.79. The van der Waals surface area contributed by atoms with Crippen molar-refractivity contribution < 1.29 is 19.4 Å². The molecule has 0 saturated heterocycles. The van der Waals surface area contributed by atoms with Gasteiger partial charge in [-0.05, 0) is 24.1 Å². The molecule has 0 atom stereocenters. The minimum atomic E-state index is -1.17. The summed E-state index contributed by atoms with van der Waals surface area (Å²) >= 11 is 5.86. The standard InChI is InChI=1S/C11H11ClO4/c1-3-7-4-8(11(14)15)10(9(12)5-7)16-6(2)13/h4-5H,3H2,1-2H3,(H,14,15). The monoisotopic (exact) mass is 242 g/mol. The molecule has 0 fully saturated rings. The third kappa shape index (κ3) is 2.73. The van der Waals surface area contributed by atoms with Gasteiger partial charge in [0.1, 0.15) is 5.56 Å². The molecule has 0 saturated carbocycles. The lowest BCUT2D eigenvalue weighted by Crippen LogP contribution is -2.08. The maximum atomic E-state index is 11.0. The second kappa shape index (κ2) is 4.99. The van der Waals surface area contributed by atoms with Gasteiger partial charge in [0.15, 0.2) is 5.75 Å². The first-order chi connectivity index (χ1) is 7.45. The Labute approximate surface area is 97.8 Å². The molecule has 0 aliphatic rings. The molecule has 1 rings (SSSR count). The number of esters is 1. The second-order valence-corrected chi connectivity index (χ2v) is 3.61. The Balaban J connectivity index is 3.33. The fraction of sp³-hybridized carbons (Fsp3) is 0.273. The Bertz CT molecular complexity index is 440. The van der Waals surface area contributed by atoms with Crippen molar-refractivity contribution in [1.29, 1.82) is 0 Å². The third-order valence-electron chi connectivity index (χ3n) is 1.99. The zero-order valence-corrected chi connectivity index (χ0v) is 9.67. The smallest absolute Gasteiger partial charge is 0.339 e. The van der Waals surface area contributed by atoms with Gasteiger partial charge in [-0.25, -0.2) is 4.79 Å². The number of benzene rings is 1. The number of carbonyl (C=O) groups is 2. The molecule has 0 aliphatic carbocycles. The van der Waals surface area contributed by atoms with Crippen molar-refractivity contribution in [2.24, 2.45) is 0 Å². The van der Waals surface area contributed by atoms with Gasteiger partial charge >= 0.3 is 11.9 Å². The third-order valence-corrected chi connectivity index (χ3v) is 2.27. The highest BCUT2D eigenvalue weighted by Crippen LogP contribution is 2.31. The van der Waals surface area contributed by atoms with Crippen molar-refractivity contribution in [3.63, 3.8) is 0 Å². The van der Waals surface area contributed by atoms with E-state index < -0.39 is 11.9 Å². The first-order valence-electron chi connectivity index (χ1n) is 4.69. The van der Waals surface area contributed by atoms with Crippen molar-refractivity contribution in [3.8, 4) is 5.75 Å². The van der Waals surface area contributed by atoms with Crippen molar-refractivity contribution in [3.05, 3.63) is 28.3 Å². The van der Waals surface area contributed by atoms with Crippen LogP contribution in [0.4, 0.5) is 0 Å². The Morgan fingerprint density at radius 2 is 2.06 bits per heavy atom. The number of carbonyl (C=O) groups excluding carboxylic acids is 1. The van der Waals surface area contributed by atoms with E-state index in [1.54, 1.807) is 6.07 Å². The molecule has 16 heavy (non-hydrogen) atoms. The Morgan fingerprint density at radius 3 is 2.50 bits per heavy atom. The number of carboxylic acid groups (broad SMARTS) is 1. The van der Waals surface area contributed by atoms with Gasteiger partial charge in [0, 0.05) is 6.92 Å². The van der Waals surface area contributed by atoms with Crippen LogP contribution in [0.3, 0.4) is 0 Å². The molecular formula is C11H11ClO4. The molecule has 0 unspecified atom stereocenters. The summed E-state index contributed by atoms with van der Waals surface area (Å²) in [6.45, 7) is 3.07. The van der Waals surface area contributed by atoms with Gasteiger partial charge in [0.25, 0.3) is 0 Å². The number of rotatable bonds is 3. The molecule has 0 spiro atoms. The van der Waals surface area contributed by atoms with E-state index in [9.17, 15) is 9.59 Å². The van der Waals surface area contributed by atoms with Gasteiger partial charge in [0.05, 0.1) is 5.02 Å². The average molecular weight is 243 g/mol. The summed E-state index contributed by atoms with van der Waals surface area (Å²) in [6.07, 6.45) is 0.653. The lowest BCUT2D eigenvalue weighted by Gasteiger charge is -2.09. The van der Waals surface area contributed by atoms with E-state index >= 15 is 0 Å². The maximum Gasteiger partial charge on any atom is 0.339 e. The van der Waals surface area contributed by atoms with Crippen LogP contribution in [-0.4, -0.2) is 17.0 Å². The predicted octanol–water partition coefficient (Wildman–Crippen LogP) is 2.53. The SMILES string of the molecule is CCc1cc(Cl)c(OC(C)=O)c(C(=O)O)c1. The molecule has 0 aliphatic heterocycles. The van der Waals surface area contributed by atoms with Crippen LogP contribution in [0, 0.1) is 0 Å². The molecule has 0 heterocycles. The molecule has 86 valence electrons. The van der Waals surface area contributed by atoms with Gasteiger partial charge in [-0.2, -0.15) is 0 Å². The zero-order chi connectivity index (χ0) is 12.3. The molecule has 0 amide bonds. The van der Waals surface area contributed by atoms with Crippen LogP contribution in [0.2, 0.25) is 5.02 Å². The predicted molar refractivity (Wildman–Crippen MR) is 59.1 cm³/mol. The summed E-state index contributed by atoms with van der Waals surface area (Å²) in [5.41, 5.74) is 0.679. The van der Waals surface area contributed by atoms with Gasteiger partial charge in [0.2, 0.25) is 0 Å². The van der Waals surface area contributed by atoms with Crippen molar-refractivity contribution >= 4 is 23.5 Å². The number of aromatic carboxylic acids is 1. The molecular weight excluding hydrogens is 232 g/mol. The highest BCUT2D eigenvalue weighted by atomic mass is 35.5. The summed E-state index contributed by atoms with van der Waals surface area (Å²) in [7, 11) is 0. The lowest BCUT2D eigenvalue weighted by molar-refractivity contribution is -0.131. The number of halogens is 1. The quantitative estimate of drug-likeness (QED) is 0.653. The van der Waals surface area contributed by atoms with Crippen LogP contribution >= 0.6 is 11.6 Å². The normalized spacial score (nSPS) is 9.94.